The minimum atomic E-state index is -0.138. The van der Waals surface area contributed by atoms with E-state index in [2.05, 4.69) is 21.9 Å². The standard InChI is InChI=1S/C13H16N4OS/c1-3-4-9-5-11(18)17-13(16-9)19-12-6-10(14)8(2)7-15-12/h5-7H,3-4H2,1-2H3,(H2,14,15)(H,16,17,18). The third kappa shape index (κ3) is 3.57. The van der Waals surface area contributed by atoms with Crippen LogP contribution < -0.4 is 11.3 Å². The number of nitrogen functional groups attached to an aromatic ring is 1. The highest BCUT2D eigenvalue weighted by Gasteiger charge is 2.05. The van der Waals surface area contributed by atoms with Crippen LogP contribution in [0.15, 0.2) is 33.3 Å². The maximum Gasteiger partial charge on any atom is 0.251 e. The van der Waals surface area contributed by atoms with E-state index in [1.54, 1.807) is 12.3 Å². The molecule has 2 heterocycles. The minimum absolute atomic E-state index is 0.138. The number of hydrogen-bond acceptors (Lipinski definition) is 5. The molecule has 2 aromatic rings. The van der Waals surface area contributed by atoms with Crippen LogP contribution in [0.4, 0.5) is 5.69 Å². The number of nitrogens with two attached hydrogens (primary N) is 1. The number of rotatable bonds is 4. The van der Waals surface area contributed by atoms with Crippen molar-refractivity contribution in [3.8, 4) is 0 Å². The molecule has 0 fully saturated rings. The fourth-order valence-corrected chi connectivity index (χ4v) is 2.39. The molecule has 0 unspecified atom stereocenters. The molecule has 0 amide bonds. The Morgan fingerprint density at radius 2 is 2.21 bits per heavy atom. The van der Waals surface area contributed by atoms with Gasteiger partial charge in [0, 0.05) is 23.6 Å². The van der Waals surface area contributed by atoms with Crippen LogP contribution in [0.25, 0.3) is 0 Å². The van der Waals surface area contributed by atoms with Crippen molar-refractivity contribution in [3.63, 3.8) is 0 Å². The Labute approximate surface area is 115 Å². The van der Waals surface area contributed by atoms with Gasteiger partial charge in [-0.3, -0.25) is 4.79 Å². The second kappa shape index (κ2) is 5.88. The summed E-state index contributed by atoms with van der Waals surface area (Å²) in [6, 6.07) is 3.32. The predicted octanol–water partition coefficient (Wildman–Crippen LogP) is 2.16. The Hall–Kier alpha value is -1.82. The van der Waals surface area contributed by atoms with Crippen LogP contribution in [0.1, 0.15) is 24.6 Å². The summed E-state index contributed by atoms with van der Waals surface area (Å²) in [5, 5.41) is 1.27. The van der Waals surface area contributed by atoms with Crippen molar-refractivity contribution in [3.05, 3.63) is 39.9 Å². The van der Waals surface area contributed by atoms with Crippen LogP contribution in [0.5, 0.6) is 0 Å². The highest BCUT2D eigenvalue weighted by atomic mass is 32.2. The van der Waals surface area contributed by atoms with Gasteiger partial charge in [0.25, 0.3) is 5.56 Å². The van der Waals surface area contributed by atoms with Crippen molar-refractivity contribution >= 4 is 17.4 Å². The number of nitrogens with one attached hydrogen (secondary N) is 1. The number of H-pyrrole nitrogens is 1. The number of aromatic amines is 1. The SMILES string of the molecule is CCCc1cc(=O)[nH]c(Sc2cc(N)c(C)cn2)n1. The molecule has 0 aliphatic heterocycles. The van der Waals surface area contributed by atoms with E-state index in [9.17, 15) is 4.79 Å². The lowest BCUT2D eigenvalue weighted by Gasteiger charge is -2.04. The molecular weight excluding hydrogens is 260 g/mol. The zero-order chi connectivity index (χ0) is 13.8. The lowest BCUT2D eigenvalue weighted by molar-refractivity contribution is 0.815. The van der Waals surface area contributed by atoms with Gasteiger partial charge in [-0.2, -0.15) is 0 Å². The molecule has 3 N–H and O–H groups in total. The molecule has 0 saturated carbocycles. The number of hydrogen-bond donors (Lipinski definition) is 2. The first kappa shape index (κ1) is 13.6. The van der Waals surface area contributed by atoms with Crippen molar-refractivity contribution in [1.82, 2.24) is 15.0 Å². The van der Waals surface area contributed by atoms with E-state index in [0.29, 0.717) is 10.8 Å². The molecule has 0 atom stereocenters. The molecule has 0 aromatic carbocycles. The van der Waals surface area contributed by atoms with E-state index >= 15 is 0 Å². The molecule has 0 bridgehead atoms. The zero-order valence-corrected chi connectivity index (χ0v) is 11.8. The Morgan fingerprint density at radius 3 is 2.89 bits per heavy atom. The highest BCUT2D eigenvalue weighted by Crippen LogP contribution is 2.24. The predicted molar refractivity (Wildman–Crippen MR) is 76.4 cm³/mol. The number of nitrogens with zero attached hydrogens (tertiary/aromatic N) is 2. The van der Waals surface area contributed by atoms with Gasteiger partial charge in [-0.25, -0.2) is 9.97 Å². The van der Waals surface area contributed by atoms with Crippen molar-refractivity contribution in [2.75, 3.05) is 5.73 Å². The molecule has 5 nitrogen and oxygen atoms in total. The summed E-state index contributed by atoms with van der Waals surface area (Å²) >= 11 is 1.31. The maximum atomic E-state index is 11.5. The van der Waals surface area contributed by atoms with Crippen LogP contribution in [-0.2, 0) is 6.42 Å². The van der Waals surface area contributed by atoms with Crippen LogP contribution in [0.2, 0.25) is 0 Å². The lowest BCUT2D eigenvalue weighted by atomic mass is 10.2. The third-order valence-corrected chi connectivity index (χ3v) is 3.42. The van der Waals surface area contributed by atoms with E-state index in [1.807, 2.05) is 6.92 Å². The lowest BCUT2D eigenvalue weighted by Crippen LogP contribution is -2.10. The van der Waals surface area contributed by atoms with Crippen molar-refractivity contribution in [2.45, 2.75) is 36.9 Å². The molecule has 6 heteroatoms. The summed E-state index contributed by atoms with van der Waals surface area (Å²) in [7, 11) is 0. The summed E-state index contributed by atoms with van der Waals surface area (Å²) in [4.78, 5) is 22.9. The molecule has 19 heavy (non-hydrogen) atoms. The second-order valence-corrected chi connectivity index (χ2v) is 5.28. The Bertz CT molecular complexity index is 639. The summed E-state index contributed by atoms with van der Waals surface area (Å²) in [6.45, 7) is 3.96. The Balaban J connectivity index is 2.27. The molecule has 0 aliphatic carbocycles. The second-order valence-electron chi connectivity index (χ2n) is 4.27. The molecule has 2 rings (SSSR count). The van der Waals surface area contributed by atoms with E-state index in [1.165, 1.54) is 17.8 Å². The van der Waals surface area contributed by atoms with Gasteiger partial charge in [-0.15, -0.1) is 0 Å². The highest BCUT2D eigenvalue weighted by molar-refractivity contribution is 7.99. The first-order valence-corrected chi connectivity index (χ1v) is 6.90. The molecule has 0 saturated heterocycles. The van der Waals surface area contributed by atoms with Crippen molar-refractivity contribution < 1.29 is 0 Å². The summed E-state index contributed by atoms with van der Waals surface area (Å²) in [6.07, 6.45) is 3.46. The fourth-order valence-electron chi connectivity index (χ4n) is 1.59. The number of anilines is 1. The van der Waals surface area contributed by atoms with Gasteiger partial charge >= 0.3 is 0 Å². The number of aryl methyl sites for hydroxylation is 2. The first-order chi connectivity index (χ1) is 9.08. The van der Waals surface area contributed by atoms with Crippen LogP contribution in [0, 0.1) is 6.92 Å². The van der Waals surface area contributed by atoms with Gasteiger partial charge in [0.05, 0.1) is 0 Å². The fraction of sp³-hybridized carbons (Fsp3) is 0.308. The van der Waals surface area contributed by atoms with Crippen LogP contribution >= 0.6 is 11.8 Å². The van der Waals surface area contributed by atoms with Crippen LogP contribution in [-0.4, -0.2) is 15.0 Å². The quantitative estimate of drug-likeness (QED) is 0.836. The van der Waals surface area contributed by atoms with Gasteiger partial charge in [0.2, 0.25) is 0 Å². The van der Waals surface area contributed by atoms with E-state index in [4.69, 9.17) is 5.73 Å². The van der Waals surface area contributed by atoms with E-state index in [-0.39, 0.29) is 5.56 Å². The Kier molecular flexibility index (Phi) is 4.21. The van der Waals surface area contributed by atoms with Gasteiger partial charge in [0.1, 0.15) is 5.03 Å². The molecule has 100 valence electrons. The van der Waals surface area contributed by atoms with Gasteiger partial charge in [-0.1, -0.05) is 13.3 Å². The zero-order valence-electron chi connectivity index (χ0n) is 10.9. The number of aromatic nitrogens is 3. The van der Waals surface area contributed by atoms with Gasteiger partial charge < -0.3 is 10.7 Å². The normalized spacial score (nSPS) is 10.6. The average molecular weight is 276 g/mol. The molecule has 0 radical (unpaired) electrons. The van der Waals surface area contributed by atoms with Crippen molar-refractivity contribution in [2.24, 2.45) is 0 Å². The smallest absolute Gasteiger partial charge is 0.251 e. The van der Waals surface area contributed by atoms with Crippen molar-refractivity contribution in [1.29, 1.82) is 0 Å². The summed E-state index contributed by atoms with van der Waals surface area (Å²) in [5.74, 6) is 0. The first-order valence-electron chi connectivity index (χ1n) is 6.08. The van der Waals surface area contributed by atoms with Crippen LogP contribution in [0.3, 0.4) is 0 Å². The molecule has 0 aliphatic rings. The summed E-state index contributed by atoms with van der Waals surface area (Å²) in [5.41, 5.74) is 8.12. The largest absolute Gasteiger partial charge is 0.398 e. The average Bonchev–Trinajstić information content (AvgIpc) is 2.33. The van der Waals surface area contributed by atoms with Gasteiger partial charge in [-0.05, 0) is 36.7 Å². The minimum Gasteiger partial charge on any atom is -0.398 e. The molecule has 2 aromatic heterocycles. The molecular formula is C13H16N4OS. The van der Waals surface area contributed by atoms with E-state index < -0.39 is 0 Å². The Morgan fingerprint density at radius 1 is 1.42 bits per heavy atom. The van der Waals surface area contributed by atoms with E-state index in [0.717, 1.165) is 29.1 Å². The maximum absolute atomic E-state index is 11.5. The topological polar surface area (TPSA) is 84.7 Å². The van der Waals surface area contributed by atoms with Gasteiger partial charge in [0.15, 0.2) is 5.16 Å². The third-order valence-electron chi connectivity index (χ3n) is 2.60. The monoisotopic (exact) mass is 276 g/mol. The molecule has 0 spiro atoms. The summed E-state index contributed by atoms with van der Waals surface area (Å²) < 4.78 is 0. The number of pyridine rings is 1.